The van der Waals surface area contributed by atoms with Gasteiger partial charge in [0.2, 0.25) is 15.9 Å². The van der Waals surface area contributed by atoms with E-state index < -0.39 is 15.9 Å². The van der Waals surface area contributed by atoms with Crippen LogP contribution in [0.2, 0.25) is 0 Å². The van der Waals surface area contributed by atoms with Crippen LogP contribution in [0.1, 0.15) is 22.0 Å². The number of sulfonamides is 1. The quantitative estimate of drug-likeness (QED) is 0.791. The first-order chi connectivity index (χ1) is 11.3. The molecule has 2 aromatic rings. The van der Waals surface area contributed by atoms with Crippen molar-refractivity contribution in [1.29, 1.82) is 0 Å². The van der Waals surface area contributed by atoms with Gasteiger partial charge in [0.25, 0.3) is 0 Å². The Morgan fingerprint density at radius 3 is 2.17 bits per heavy atom. The normalized spacial score (nSPS) is 13.0. The largest absolute Gasteiger partial charge is 0.366 e. The summed E-state index contributed by atoms with van der Waals surface area (Å²) in [5.41, 5.74) is 6.32. The number of hydrogen-bond acceptors (Lipinski definition) is 4. The van der Waals surface area contributed by atoms with Crippen LogP contribution in [0.25, 0.3) is 0 Å². The van der Waals surface area contributed by atoms with Crippen molar-refractivity contribution >= 4 is 15.9 Å². The maximum atomic E-state index is 12.6. The Balaban J connectivity index is 2.28. The molecule has 0 aliphatic carbocycles. The summed E-state index contributed by atoms with van der Waals surface area (Å²) in [6.07, 6.45) is 0. The Morgan fingerprint density at radius 1 is 1.08 bits per heavy atom. The summed E-state index contributed by atoms with van der Waals surface area (Å²) in [5, 5.41) is 0. The fourth-order valence-corrected chi connectivity index (χ4v) is 3.53. The van der Waals surface area contributed by atoms with Gasteiger partial charge in [0.1, 0.15) is 0 Å². The minimum Gasteiger partial charge on any atom is -0.366 e. The van der Waals surface area contributed by atoms with Crippen molar-refractivity contribution in [1.82, 2.24) is 9.62 Å². The van der Waals surface area contributed by atoms with E-state index in [0.29, 0.717) is 6.54 Å². The Morgan fingerprint density at radius 2 is 1.67 bits per heavy atom. The topological polar surface area (TPSA) is 92.5 Å². The molecule has 0 fully saturated rings. The highest BCUT2D eigenvalue weighted by atomic mass is 32.2. The lowest BCUT2D eigenvalue weighted by atomic mass is 10.1. The summed E-state index contributed by atoms with van der Waals surface area (Å²) in [4.78, 5) is 13.1. The number of likely N-dealkylation sites (N-methyl/N-ethyl adjacent to an activating group) is 1. The summed E-state index contributed by atoms with van der Waals surface area (Å²) >= 11 is 0. The van der Waals surface area contributed by atoms with Gasteiger partial charge in [-0.1, -0.05) is 30.3 Å². The molecule has 3 N–H and O–H groups in total. The lowest BCUT2D eigenvalue weighted by molar-refractivity contribution is 0.1000. The average molecular weight is 347 g/mol. The van der Waals surface area contributed by atoms with E-state index in [4.69, 9.17) is 5.73 Å². The summed E-state index contributed by atoms with van der Waals surface area (Å²) < 4.78 is 28.0. The first kappa shape index (κ1) is 18.1. The molecule has 0 aliphatic rings. The standard InChI is InChI=1S/C17H21N3O3S/c1-20(2)12-16(13-6-4-3-5-7-13)19-24(22,23)15-10-8-14(9-11-15)17(18)21/h3-11,16,19H,12H2,1-2H3,(H2,18,21). The summed E-state index contributed by atoms with van der Waals surface area (Å²) in [5.74, 6) is -0.596. The highest BCUT2D eigenvalue weighted by Crippen LogP contribution is 2.18. The van der Waals surface area contributed by atoms with Crippen LogP contribution < -0.4 is 10.5 Å². The van der Waals surface area contributed by atoms with Crippen LogP contribution in [0.15, 0.2) is 59.5 Å². The molecule has 0 aromatic heterocycles. The summed E-state index contributed by atoms with van der Waals surface area (Å²) in [7, 11) is 0.0372. The second-order valence-corrected chi connectivity index (χ2v) is 7.45. The number of nitrogens with one attached hydrogen (secondary N) is 1. The molecule has 128 valence electrons. The van der Waals surface area contributed by atoms with Crippen molar-refractivity contribution in [2.75, 3.05) is 20.6 Å². The van der Waals surface area contributed by atoms with Crippen LogP contribution in [0.5, 0.6) is 0 Å². The molecule has 0 bridgehead atoms. The molecule has 0 aliphatic heterocycles. The molecule has 7 heteroatoms. The number of nitrogens with zero attached hydrogens (tertiary/aromatic N) is 1. The van der Waals surface area contributed by atoms with Crippen LogP contribution in [0.4, 0.5) is 0 Å². The van der Waals surface area contributed by atoms with Crippen LogP contribution >= 0.6 is 0 Å². The number of nitrogens with two attached hydrogens (primary N) is 1. The Labute approximate surface area is 142 Å². The predicted octanol–water partition coefficient (Wildman–Crippen LogP) is 1.37. The second-order valence-electron chi connectivity index (χ2n) is 5.74. The molecule has 2 aromatic carbocycles. The van der Waals surface area contributed by atoms with Crippen LogP contribution in [0.3, 0.4) is 0 Å². The molecule has 0 saturated heterocycles. The maximum absolute atomic E-state index is 12.6. The Hall–Kier alpha value is -2.22. The Bertz CT molecular complexity index is 788. The molecule has 1 unspecified atom stereocenters. The minimum absolute atomic E-state index is 0.0900. The van der Waals surface area contributed by atoms with Gasteiger partial charge in [0, 0.05) is 12.1 Å². The van der Waals surface area contributed by atoms with E-state index in [9.17, 15) is 13.2 Å². The predicted molar refractivity (Wildman–Crippen MR) is 93.0 cm³/mol. The third kappa shape index (κ3) is 4.64. The number of carbonyl (C=O) groups is 1. The molecule has 1 amide bonds. The molecule has 0 saturated carbocycles. The molecule has 24 heavy (non-hydrogen) atoms. The third-order valence-corrected chi connectivity index (χ3v) is 4.98. The highest BCUT2D eigenvalue weighted by Gasteiger charge is 2.22. The van der Waals surface area contributed by atoms with E-state index in [1.54, 1.807) is 0 Å². The van der Waals surface area contributed by atoms with Gasteiger partial charge in [-0.05, 0) is 43.9 Å². The minimum atomic E-state index is -3.72. The monoisotopic (exact) mass is 347 g/mol. The second kappa shape index (κ2) is 7.57. The third-order valence-electron chi connectivity index (χ3n) is 3.50. The van der Waals surface area contributed by atoms with Gasteiger partial charge in [-0.2, -0.15) is 0 Å². The van der Waals surface area contributed by atoms with Crippen molar-refractivity contribution in [3.63, 3.8) is 0 Å². The smallest absolute Gasteiger partial charge is 0.248 e. The van der Waals surface area contributed by atoms with E-state index in [-0.39, 0.29) is 16.5 Å². The van der Waals surface area contributed by atoms with E-state index in [0.717, 1.165) is 5.56 Å². The molecule has 0 spiro atoms. The van der Waals surface area contributed by atoms with Crippen molar-refractivity contribution < 1.29 is 13.2 Å². The fourth-order valence-electron chi connectivity index (χ4n) is 2.31. The van der Waals surface area contributed by atoms with Crippen LogP contribution in [0, 0.1) is 0 Å². The lowest BCUT2D eigenvalue weighted by Gasteiger charge is -2.22. The summed E-state index contributed by atoms with van der Waals surface area (Å²) in [6, 6.07) is 14.6. The van der Waals surface area contributed by atoms with Crippen molar-refractivity contribution in [2.45, 2.75) is 10.9 Å². The van der Waals surface area contributed by atoms with Gasteiger partial charge in [-0.15, -0.1) is 0 Å². The molecule has 6 nitrogen and oxygen atoms in total. The molecular formula is C17H21N3O3S. The average Bonchev–Trinajstić information content (AvgIpc) is 2.54. The lowest BCUT2D eigenvalue weighted by Crippen LogP contribution is -2.35. The summed E-state index contributed by atoms with van der Waals surface area (Å²) in [6.45, 7) is 0.516. The van der Waals surface area contributed by atoms with Gasteiger partial charge in [-0.3, -0.25) is 4.79 Å². The molecular weight excluding hydrogens is 326 g/mol. The van der Waals surface area contributed by atoms with Crippen molar-refractivity contribution in [3.8, 4) is 0 Å². The van der Waals surface area contributed by atoms with E-state index in [1.807, 2.05) is 49.3 Å². The molecule has 2 rings (SSSR count). The first-order valence-electron chi connectivity index (χ1n) is 7.41. The number of amides is 1. The van der Waals surface area contributed by atoms with E-state index in [2.05, 4.69) is 4.72 Å². The number of rotatable bonds is 7. The van der Waals surface area contributed by atoms with Gasteiger partial charge >= 0.3 is 0 Å². The first-order valence-corrected chi connectivity index (χ1v) is 8.90. The van der Waals surface area contributed by atoms with Crippen LogP contribution in [-0.2, 0) is 10.0 Å². The highest BCUT2D eigenvalue weighted by molar-refractivity contribution is 7.89. The van der Waals surface area contributed by atoms with E-state index in [1.165, 1.54) is 24.3 Å². The number of primary amides is 1. The number of benzene rings is 2. The molecule has 1 atom stereocenters. The zero-order chi connectivity index (χ0) is 17.7. The van der Waals surface area contributed by atoms with Gasteiger partial charge in [0.05, 0.1) is 10.9 Å². The number of carbonyl (C=O) groups excluding carboxylic acids is 1. The van der Waals surface area contributed by atoms with Gasteiger partial charge in [-0.25, -0.2) is 13.1 Å². The Kier molecular flexibility index (Phi) is 5.71. The number of hydrogen-bond donors (Lipinski definition) is 2. The maximum Gasteiger partial charge on any atom is 0.248 e. The van der Waals surface area contributed by atoms with Gasteiger partial charge < -0.3 is 10.6 Å². The van der Waals surface area contributed by atoms with E-state index >= 15 is 0 Å². The van der Waals surface area contributed by atoms with Crippen LogP contribution in [-0.4, -0.2) is 39.9 Å². The SMILES string of the molecule is CN(C)CC(NS(=O)(=O)c1ccc(C(N)=O)cc1)c1ccccc1. The zero-order valence-corrected chi connectivity index (χ0v) is 14.5. The zero-order valence-electron chi connectivity index (χ0n) is 13.6. The molecule has 0 radical (unpaired) electrons. The molecule has 0 heterocycles. The van der Waals surface area contributed by atoms with Gasteiger partial charge in [0.15, 0.2) is 0 Å². The fraction of sp³-hybridized carbons (Fsp3) is 0.235. The van der Waals surface area contributed by atoms with Crippen molar-refractivity contribution in [2.24, 2.45) is 5.73 Å². The van der Waals surface area contributed by atoms with Crippen molar-refractivity contribution in [3.05, 3.63) is 65.7 Å².